The molecule has 3 atom stereocenters. The Morgan fingerprint density at radius 3 is 2.12 bits per heavy atom. The van der Waals surface area contributed by atoms with Gasteiger partial charge in [0, 0.05) is 18.1 Å². The van der Waals surface area contributed by atoms with E-state index in [4.69, 9.17) is 18.9 Å². The molecule has 0 saturated heterocycles. The van der Waals surface area contributed by atoms with Crippen LogP contribution in [0.15, 0.2) is 36.4 Å². The highest BCUT2D eigenvalue weighted by Crippen LogP contribution is 2.40. The van der Waals surface area contributed by atoms with Crippen molar-refractivity contribution in [1.82, 2.24) is 0 Å². The van der Waals surface area contributed by atoms with Crippen LogP contribution in [-0.4, -0.2) is 45.2 Å². The lowest BCUT2D eigenvalue weighted by Gasteiger charge is -2.18. The number of nitrogens with one attached hydrogen (secondary N) is 2. The number of esters is 1. The van der Waals surface area contributed by atoms with Crippen LogP contribution in [0.25, 0.3) is 0 Å². The lowest BCUT2D eigenvalue weighted by Crippen LogP contribution is -2.30. The minimum atomic E-state index is -1.12. The number of hydrogen-bond acceptors (Lipinski definition) is 7. The SMILES string of the molecule is COc1ccccc1NC(=O)C(C)OC(=O)c1cc(OC)c(OC)cc1NC(=O)C1CC1C. The van der Waals surface area contributed by atoms with Gasteiger partial charge >= 0.3 is 5.97 Å². The molecule has 33 heavy (non-hydrogen) atoms. The second-order valence-corrected chi connectivity index (χ2v) is 7.80. The summed E-state index contributed by atoms with van der Waals surface area (Å²) in [4.78, 5) is 38.1. The second kappa shape index (κ2) is 10.2. The van der Waals surface area contributed by atoms with Crippen LogP contribution in [0.3, 0.4) is 0 Å². The van der Waals surface area contributed by atoms with Crippen molar-refractivity contribution in [3.05, 3.63) is 42.0 Å². The zero-order valence-corrected chi connectivity index (χ0v) is 19.3. The Morgan fingerprint density at radius 2 is 1.52 bits per heavy atom. The summed E-state index contributed by atoms with van der Waals surface area (Å²) in [5.74, 6) is -0.229. The average molecular weight is 456 g/mol. The van der Waals surface area contributed by atoms with Crippen molar-refractivity contribution in [3.8, 4) is 17.2 Å². The molecule has 1 saturated carbocycles. The highest BCUT2D eigenvalue weighted by molar-refractivity contribution is 6.04. The molecule has 0 bridgehead atoms. The predicted octanol–water partition coefficient (Wildman–Crippen LogP) is 3.49. The Balaban J connectivity index is 1.79. The minimum absolute atomic E-state index is 0.0474. The topological polar surface area (TPSA) is 112 Å². The van der Waals surface area contributed by atoms with Crippen LogP contribution in [-0.2, 0) is 14.3 Å². The molecule has 0 radical (unpaired) electrons. The van der Waals surface area contributed by atoms with Gasteiger partial charge < -0.3 is 29.6 Å². The smallest absolute Gasteiger partial charge is 0.341 e. The predicted molar refractivity (Wildman–Crippen MR) is 122 cm³/mol. The minimum Gasteiger partial charge on any atom is -0.495 e. The van der Waals surface area contributed by atoms with E-state index in [0.717, 1.165) is 6.42 Å². The van der Waals surface area contributed by atoms with E-state index in [2.05, 4.69) is 10.6 Å². The van der Waals surface area contributed by atoms with E-state index >= 15 is 0 Å². The number of ether oxygens (including phenoxy) is 4. The van der Waals surface area contributed by atoms with E-state index in [1.807, 2.05) is 6.92 Å². The Hall–Kier alpha value is -3.75. The normalized spacial score (nSPS) is 17.4. The van der Waals surface area contributed by atoms with E-state index in [0.29, 0.717) is 23.1 Å². The van der Waals surface area contributed by atoms with E-state index in [9.17, 15) is 14.4 Å². The number of benzene rings is 2. The fourth-order valence-corrected chi connectivity index (χ4v) is 3.32. The first-order valence-electron chi connectivity index (χ1n) is 10.5. The van der Waals surface area contributed by atoms with E-state index < -0.39 is 18.0 Å². The fourth-order valence-electron chi connectivity index (χ4n) is 3.32. The van der Waals surface area contributed by atoms with Gasteiger partial charge in [-0.3, -0.25) is 9.59 Å². The van der Waals surface area contributed by atoms with Gasteiger partial charge in [-0.25, -0.2) is 4.79 Å². The molecular formula is C24H28N2O7. The number of carbonyl (C=O) groups is 3. The van der Waals surface area contributed by atoms with Crippen molar-refractivity contribution >= 4 is 29.2 Å². The summed E-state index contributed by atoms with van der Waals surface area (Å²) in [7, 11) is 4.37. The Labute approximate surface area is 192 Å². The second-order valence-electron chi connectivity index (χ2n) is 7.80. The van der Waals surface area contributed by atoms with Crippen LogP contribution in [0.2, 0.25) is 0 Å². The molecule has 3 rings (SSSR count). The molecule has 9 nitrogen and oxygen atoms in total. The van der Waals surface area contributed by atoms with Gasteiger partial charge in [0.2, 0.25) is 5.91 Å². The summed E-state index contributed by atoms with van der Waals surface area (Å²) in [5.41, 5.74) is 0.718. The molecule has 2 aromatic carbocycles. The molecule has 1 fully saturated rings. The number of anilines is 2. The maximum Gasteiger partial charge on any atom is 0.341 e. The van der Waals surface area contributed by atoms with Crippen molar-refractivity contribution < 1.29 is 33.3 Å². The van der Waals surface area contributed by atoms with Gasteiger partial charge in [-0.15, -0.1) is 0 Å². The highest BCUT2D eigenvalue weighted by Gasteiger charge is 2.39. The number of rotatable bonds is 9. The first-order valence-corrected chi connectivity index (χ1v) is 10.5. The van der Waals surface area contributed by atoms with Gasteiger partial charge in [0.15, 0.2) is 17.6 Å². The summed E-state index contributed by atoms with van der Waals surface area (Å²) in [6.45, 7) is 3.43. The quantitative estimate of drug-likeness (QED) is 0.556. The van der Waals surface area contributed by atoms with Gasteiger partial charge in [-0.05, 0) is 31.4 Å². The molecule has 1 aliphatic carbocycles. The zero-order chi connectivity index (χ0) is 24.1. The van der Waals surface area contributed by atoms with Gasteiger partial charge in [0.05, 0.1) is 38.3 Å². The Kier molecular flexibility index (Phi) is 7.42. The highest BCUT2D eigenvalue weighted by atomic mass is 16.5. The molecule has 0 spiro atoms. The first-order chi connectivity index (χ1) is 15.8. The molecule has 0 aromatic heterocycles. The van der Waals surface area contributed by atoms with Crippen molar-refractivity contribution in [1.29, 1.82) is 0 Å². The van der Waals surface area contributed by atoms with Crippen molar-refractivity contribution in [2.75, 3.05) is 32.0 Å². The molecule has 176 valence electrons. The first kappa shape index (κ1) is 23.9. The van der Waals surface area contributed by atoms with Crippen molar-refractivity contribution in [2.24, 2.45) is 11.8 Å². The fraction of sp³-hybridized carbons (Fsp3) is 0.375. The van der Waals surface area contributed by atoms with Gasteiger partial charge in [0.1, 0.15) is 5.75 Å². The van der Waals surface area contributed by atoms with Crippen LogP contribution >= 0.6 is 0 Å². The van der Waals surface area contributed by atoms with Gasteiger partial charge in [-0.2, -0.15) is 0 Å². The summed E-state index contributed by atoms with van der Waals surface area (Å²) >= 11 is 0. The lowest BCUT2D eigenvalue weighted by molar-refractivity contribution is -0.123. The molecule has 2 N–H and O–H groups in total. The van der Waals surface area contributed by atoms with Gasteiger partial charge in [0.25, 0.3) is 5.91 Å². The van der Waals surface area contributed by atoms with Crippen LogP contribution in [0, 0.1) is 11.8 Å². The van der Waals surface area contributed by atoms with Crippen LogP contribution in [0.5, 0.6) is 17.2 Å². The molecule has 0 heterocycles. The maximum atomic E-state index is 13.0. The number of hydrogen-bond donors (Lipinski definition) is 2. The molecule has 1 aliphatic rings. The van der Waals surface area contributed by atoms with E-state index in [1.54, 1.807) is 24.3 Å². The molecule has 3 unspecified atom stereocenters. The third-order valence-corrected chi connectivity index (χ3v) is 5.47. The Bertz CT molecular complexity index is 1050. The molecule has 2 amide bonds. The van der Waals surface area contributed by atoms with E-state index in [-0.39, 0.29) is 28.8 Å². The van der Waals surface area contributed by atoms with Crippen LogP contribution in [0.4, 0.5) is 11.4 Å². The summed E-state index contributed by atoms with van der Waals surface area (Å²) in [5, 5.41) is 5.45. The third kappa shape index (κ3) is 5.54. The van der Waals surface area contributed by atoms with Crippen molar-refractivity contribution in [2.45, 2.75) is 26.4 Å². The summed E-state index contributed by atoms with van der Waals surface area (Å²) in [6, 6.07) is 9.80. The maximum absolute atomic E-state index is 13.0. The number of carbonyl (C=O) groups excluding carboxylic acids is 3. The van der Waals surface area contributed by atoms with Crippen LogP contribution in [0.1, 0.15) is 30.6 Å². The van der Waals surface area contributed by atoms with Gasteiger partial charge in [-0.1, -0.05) is 19.1 Å². The number of methoxy groups -OCH3 is 3. The number of para-hydroxylation sites is 2. The summed E-state index contributed by atoms with van der Waals surface area (Å²) < 4.78 is 21.2. The summed E-state index contributed by atoms with van der Waals surface area (Å²) in [6.07, 6.45) is -0.332. The lowest BCUT2D eigenvalue weighted by atomic mass is 10.1. The molecule has 2 aromatic rings. The van der Waals surface area contributed by atoms with Crippen molar-refractivity contribution in [3.63, 3.8) is 0 Å². The largest absolute Gasteiger partial charge is 0.495 e. The standard InChI is InChI=1S/C24H28N2O7/c1-13-10-15(13)23(28)26-18-12-21(32-5)20(31-4)11-16(18)24(29)33-14(2)22(27)25-17-8-6-7-9-19(17)30-3/h6-9,11-15H,10H2,1-5H3,(H,25,27)(H,26,28). The monoisotopic (exact) mass is 456 g/mol. The zero-order valence-electron chi connectivity index (χ0n) is 19.3. The number of amides is 2. The third-order valence-electron chi connectivity index (χ3n) is 5.47. The van der Waals surface area contributed by atoms with Crippen LogP contribution < -0.4 is 24.8 Å². The molecular weight excluding hydrogens is 428 g/mol. The van der Waals surface area contributed by atoms with E-state index in [1.165, 1.54) is 40.4 Å². The molecule has 0 aliphatic heterocycles. The average Bonchev–Trinajstić information content (AvgIpc) is 3.55. The molecule has 9 heteroatoms. The Morgan fingerprint density at radius 1 is 0.909 bits per heavy atom.